The number of nitrogens with two attached hydrogens (primary N) is 1. The highest BCUT2D eigenvalue weighted by atomic mass is 32.2. The Morgan fingerprint density at radius 2 is 2.05 bits per heavy atom. The van der Waals surface area contributed by atoms with Gasteiger partial charge in [-0.2, -0.15) is 9.50 Å². The first-order chi connectivity index (χ1) is 19.1. The van der Waals surface area contributed by atoms with Crippen LogP contribution in [0.5, 0.6) is 0 Å². The SMILES string of the molecule is CON=C(C(=O)NC1C(=O)N2C(C(=O)O)=C(CSc3cc(C)nc4nc(C(=O)O)nn34)CSC12)c1csc(N)n1. The van der Waals surface area contributed by atoms with Crippen molar-refractivity contribution in [3.8, 4) is 0 Å². The van der Waals surface area contributed by atoms with Gasteiger partial charge in [0.05, 0.1) is 0 Å². The monoisotopic (exact) mass is 605 g/mol. The standard InChI is InChI=1S/C21H19N9O7S3/c1-7-3-10(30-21(23-7)26-14(27-30)19(35)36)38-4-8-5-39-17-12(16(32)29(17)13(8)18(33)34)25-15(31)11(28-37-2)9-6-40-20(22)24-9/h3,6,12,17H,4-5H2,1-2H3,(H2,22,24)(H,25,31)(H,33,34)(H,35,36). The molecular formula is C21H19N9O7S3. The number of nitrogen functional groups attached to an aromatic ring is 1. The van der Waals surface area contributed by atoms with Gasteiger partial charge in [0, 0.05) is 22.6 Å². The van der Waals surface area contributed by atoms with Crippen molar-refractivity contribution in [2.24, 2.45) is 5.16 Å². The number of nitrogens with zero attached hydrogens (tertiary/aromatic N) is 7. The third-order valence-electron chi connectivity index (χ3n) is 5.69. The van der Waals surface area contributed by atoms with Gasteiger partial charge in [0.1, 0.15) is 34.9 Å². The lowest BCUT2D eigenvalue weighted by Gasteiger charge is -2.49. The number of hydrogen-bond acceptors (Lipinski definition) is 14. The Kier molecular flexibility index (Phi) is 7.34. The van der Waals surface area contributed by atoms with Crippen molar-refractivity contribution in [3.63, 3.8) is 0 Å². The van der Waals surface area contributed by atoms with Crippen LogP contribution in [0.3, 0.4) is 0 Å². The molecule has 0 radical (unpaired) electrons. The number of carbonyl (C=O) groups is 4. The Morgan fingerprint density at radius 1 is 1.27 bits per heavy atom. The van der Waals surface area contributed by atoms with Crippen LogP contribution in [0.1, 0.15) is 22.0 Å². The van der Waals surface area contributed by atoms with Gasteiger partial charge in [-0.25, -0.2) is 19.6 Å². The van der Waals surface area contributed by atoms with Crippen LogP contribution in [-0.2, 0) is 19.2 Å². The molecule has 5 heterocycles. The summed E-state index contributed by atoms with van der Waals surface area (Å²) in [6.07, 6.45) is 0. The van der Waals surface area contributed by atoms with Gasteiger partial charge in [-0.1, -0.05) is 5.16 Å². The van der Waals surface area contributed by atoms with Gasteiger partial charge in [0.15, 0.2) is 10.8 Å². The number of fused-ring (bicyclic) bond motifs is 2. The van der Waals surface area contributed by atoms with Gasteiger partial charge in [-0.3, -0.25) is 14.5 Å². The van der Waals surface area contributed by atoms with Crippen molar-refractivity contribution in [1.82, 2.24) is 34.8 Å². The Bertz CT molecular complexity index is 1630. The number of aryl methyl sites for hydroxylation is 1. The van der Waals surface area contributed by atoms with Crippen LogP contribution in [0, 0.1) is 6.92 Å². The highest BCUT2D eigenvalue weighted by molar-refractivity contribution is 8.01. The van der Waals surface area contributed by atoms with Crippen molar-refractivity contribution >= 4 is 75.2 Å². The molecule has 0 saturated carbocycles. The maximum atomic E-state index is 13.1. The fraction of sp³-hybridized carbons (Fsp3) is 0.286. The largest absolute Gasteiger partial charge is 0.477 e. The summed E-state index contributed by atoms with van der Waals surface area (Å²) in [6, 6.07) is 0.680. The smallest absolute Gasteiger partial charge is 0.375 e. The van der Waals surface area contributed by atoms with E-state index in [0.29, 0.717) is 16.3 Å². The number of oxime groups is 1. The van der Waals surface area contributed by atoms with Gasteiger partial charge < -0.3 is 26.1 Å². The third-order valence-corrected chi connectivity index (χ3v) is 8.78. The number of thiazole rings is 1. The molecule has 40 heavy (non-hydrogen) atoms. The average molecular weight is 606 g/mol. The summed E-state index contributed by atoms with van der Waals surface area (Å²) < 4.78 is 1.27. The minimum atomic E-state index is -1.31. The summed E-state index contributed by atoms with van der Waals surface area (Å²) in [5.41, 5.74) is 6.52. The van der Waals surface area contributed by atoms with E-state index in [-0.39, 0.29) is 39.5 Å². The van der Waals surface area contributed by atoms with E-state index in [4.69, 9.17) is 10.6 Å². The van der Waals surface area contributed by atoms with E-state index < -0.39 is 41.0 Å². The van der Waals surface area contributed by atoms with Crippen LogP contribution in [-0.4, -0.2) is 99.2 Å². The number of aromatic nitrogens is 5. The number of carboxylic acids is 2. The fourth-order valence-corrected chi connectivity index (χ4v) is 7.09. The van der Waals surface area contributed by atoms with Crippen molar-refractivity contribution in [2.75, 3.05) is 24.3 Å². The molecule has 0 bridgehead atoms. The van der Waals surface area contributed by atoms with Crippen LogP contribution in [0.25, 0.3) is 5.78 Å². The highest BCUT2D eigenvalue weighted by Crippen LogP contribution is 2.41. The van der Waals surface area contributed by atoms with E-state index in [2.05, 4.69) is 30.5 Å². The number of aromatic carboxylic acids is 1. The highest BCUT2D eigenvalue weighted by Gasteiger charge is 2.54. The number of carbonyl (C=O) groups excluding carboxylic acids is 2. The molecule has 0 aromatic carbocycles. The third kappa shape index (κ3) is 4.93. The van der Waals surface area contributed by atoms with E-state index in [1.807, 2.05) is 0 Å². The Hall–Kier alpha value is -4.23. The van der Waals surface area contributed by atoms with Crippen molar-refractivity contribution < 1.29 is 34.2 Å². The summed E-state index contributed by atoms with van der Waals surface area (Å²) in [5, 5.41) is 31.1. The van der Waals surface area contributed by atoms with Crippen LogP contribution in [0.2, 0.25) is 0 Å². The van der Waals surface area contributed by atoms with Gasteiger partial charge in [-0.15, -0.1) is 40.0 Å². The molecule has 3 aromatic heterocycles. The van der Waals surface area contributed by atoms with Crippen molar-refractivity contribution in [2.45, 2.75) is 23.4 Å². The molecule has 5 N–H and O–H groups in total. The van der Waals surface area contributed by atoms with Gasteiger partial charge in [0.2, 0.25) is 0 Å². The molecule has 19 heteroatoms. The predicted molar refractivity (Wildman–Crippen MR) is 143 cm³/mol. The summed E-state index contributed by atoms with van der Waals surface area (Å²) in [6.45, 7) is 1.71. The van der Waals surface area contributed by atoms with Gasteiger partial charge in [-0.05, 0) is 18.6 Å². The fourth-order valence-electron chi connectivity index (χ4n) is 4.00. The number of aliphatic carboxylic acids is 1. The molecular weight excluding hydrogens is 586 g/mol. The zero-order valence-corrected chi connectivity index (χ0v) is 23.0. The van der Waals surface area contributed by atoms with E-state index >= 15 is 0 Å². The molecule has 2 amide bonds. The van der Waals surface area contributed by atoms with Crippen molar-refractivity contribution in [3.05, 3.63) is 39.9 Å². The first-order valence-corrected chi connectivity index (χ1v) is 14.1. The molecule has 5 rings (SSSR count). The van der Waals surface area contributed by atoms with E-state index in [1.54, 1.807) is 13.0 Å². The molecule has 1 saturated heterocycles. The summed E-state index contributed by atoms with van der Waals surface area (Å²) in [5.74, 6) is -3.80. The molecule has 2 atom stereocenters. The molecule has 3 aromatic rings. The quantitative estimate of drug-likeness (QED) is 0.0831. The Balaban J connectivity index is 1.35. The number of β-lactam (4-membered cyclic amide) rings is 1. The molecule has 16 nitrogen and oxygen atoms in total. The summed E-state index contributed by atoms with van der Waals surface area (Å²) >= 11 is 3.61. The second-order valence-corrected chi connectivity index (χ2v) is 11.3. The minimum absolute atomic E-state index is 0.0960. The molecule has 208 valence electrons. The number of anilines is 1. The minimum Gasteiger partial charge on any atom is -0.477 e. The summed E-state index contributed by atoms with van der Waals surface area (Å²) in [7, 11) is 1.26. The normalized spacial score (nSPS) is 18.9. The number of hydrogen-bond donors (Lipinski definition) is 4. The van der Waals surface area contributed by atoms with E-state index in [0.717, 1.165) is 16.2 Å². The number of rotatable bonds is 9. The zero-order valence-electron chi connectivity index (χ0n) is 20.6. The van der Waals surface area contributed by atoms with Gasteiger partial charge >= 0.3 is 11.9 Å². The van der Waals surface area contributed by atoms with Crippen LogP contribution in [0.4, 0.5) is 5.13 Å². The van der Waals surface area contributed by atoms with Crippen LogP contribution >= 0.6 is 34.9 Å². The maximum absolute atomic E-state index is 13.1. The van der Waals surface area contributed by atoms with Crippen LogP contribution < -0.4 is 11.1 Å². The first-order valence-electron chi connectivity index (χ1n) is 11.2. The molecule has 0 aliphatic carbocycles. The van der Waals surface area contributed by atoms with E-state index in [1.165, 1.54) is 40.5 Å². The molecule has 0 spiro atoms. The molecule has 1 fully saturated rings. The topological polar surface area (TPSA) is 228 Å². The molecule has 2 aliphatic rings. The number of nitrogens with one attached hydrogen (secondary N) is 1. The number of carboxylic acid groups (broad SMARTS) is 2. The van der Waals surface area contributed by atoms with Gasteiger partial charge in [0.25, 0.3) is 23.4 Å². The second kappa shape index (κ2) is 10.7. The lowest BCUT2D eigenvalue weighted by molar-refractivity contribution is -0.150. The lowest BCUT2D eigenvalue weighted by Crippen LogP contribution is -2.71. The molecule has 2 aliphatic heterocycles. The number of thioether (sulfide) groups is 2. The van der Waals surface area contributed by atoms with Crippen molar-refractivity contribution in [1.29, 1.82) is 0 Å². The molecule has 2 unspecified atom stereocenters. The summed E-state index contributed by atoms with van der Waals surface area (Å²) in [4.78, 5) is 67.5. The second-order valence-electron chi connectivity index (χ2n) is 8.29. The van der Waals surface area contributed by atoms with E-state index in [9.17, 15) is 29.4 Å². The lowest BCUT2D eigenvalue weighted by atomic mass is 10.0. The number of amides is 2. The Labute approximate surface area is 236 Å². The predicted octanol–water partition coefficient (Wildman–Crippen LogP) is 0.0510. The average Bonchev–Trinajstić information content (AvgIpc) is 3.54. The maximum Gasteiger partial charge on any atom is 0.375 e. The zero-order chi connectivity index (χ0) is 28.7. The van der Waals surface area contributed by atoms with Crippen LogP contribution in [0.15, 0.2) is 32.9 Å². The first kappa shape index (κ1) is 27.3. The Morgan fingerprint density at radius 3 is 2.70 bits per heavy atom.